The molecule has 0 aromatic rings. The van der Waals surface area contributed by atoms with Gasteiger partial charge in [0.25, 0.3) is 0 Å². The van der Waals surface area contributed by atoms with E-state index in [4.69, 9.17) is 12.2 Å². The molecule has 1 fully saturated rings. The second kappa shape index (κ2) is 3.41. The maximum atomic E-state index is 11.5. The van der Waals surface area contributed by atoms with Crippen molar-refractivity contribution in [2.45, 2.75) is 13.3 Å². The molecule has 5 heteroatoms. The van der Waals surface area contributed by atoms with Crippen molar-refractivity contribution in [3.05, 3.63) is 0 Å². The van der Waals surface area contributed by atoms with Gasteiger partial charge in [0, 0.05) is 14.1 Å². The molecule has 0 N–H and O–H groups in total. The largest absolute Gasteiger partial charge is 0.291 e. The van der Waals surface area contributed by atoms with Crippen molar-refractivity contribution in [2.24, 2.45) is 5.92 Å². The predicted octanol–water partition coefficient (Wildman–Crippen LogP) is 0.228. The SMILES string of the molecule is CCC1C(=O)N(C)C(=S)N(C)C1=O. The van der Waals surface area contributed by atoms with Crippen LogP contribution in [0, 0.1) is 5.92 Å². The van der Waals surface area contributed by atoms with Gasteiger partial charge in [0.15, 0.2) is 5.11 Å². The van der Waals surface area contributed by atoms with Gasteiger partial charge < -0.3 is 0 Å². The third kappa shape index (κ3) is 1.44. The molecule has 13 heavy (non-hydrogen) atoms. The molecule has 1 aliphatic rings. The zero-order chi connectivity index (χ0) is 10.2. The number of hydrogen-bond acceptors (Lipinski definition) is 3. The second-order valence-corrected chi connectivity index (χ2v) is 3.40. The molecular formula is C8H12N2O2S. The number of rotatable bonds is 1. The molecule has 1 saturated heterocycles. The van der Waals surface area contributed by atoms with Crippen LogP contribution >= 0.6 is 12.2 Å². The summed E-state index contributed by atoms with van der Waals surface area (Å²) in [5, 5.41) is 0.278. The van der Waals surface area contributed by atoms with Crippen molar-refractivity contribution in [1.29, 1.82) is 0 Å². The average molecular weight is 200 g/mol. The lowest BCUT2D eigenvalue weighted by atomic mass is 10.0. The molecule has 4 nitrogen and oxygen atoms in total. The number of carbonyl (C=O) groups excluding carboxylic acids is 2. The van der Waals surface area contributed by atoms with Crippen LogP contribution in [0.4, 0.5) is 0 Å². The minimum Gasteiger partial charge on any atom is -0.291 e. The number of hydrogen-bond donors (Lipinski definition) is 0. The monoisotopic (exact) mass is 200 g/mol. The molecule has 72 valence electrons. The van der Waals surface area contributed by atoms with Gasteiger partial charge in [-0.15, -0.1) is 0 Å². The number of amides is 2. The first-order valence-corrected chi connectivity index (χ1v) is 4.50. The quantitative estimate of drug-likeness (QED) is 0.449. The molecule has 0 spiro atoms. The van der Waals surface area contributed by atoms with Gasteiger partial charge in [0.1, 0.15) is 5.92 Å². The van der Waals surface area contributed by atoms with Crippen molar-refractivity contribution in [3.8, 4) is 0 Å². The lowest BCUT2D eigenvalue weighted by Crippen LogP contribution is -2.56. The van der Waals surface area contributed by atoms with Gasteiger partial charge >= 0.3 is 0 Å². The topological polar surface area (TPSA) is 40.6 Å². The Morgan fingerprint density at radius 2 is 1.62 bits per heavy atom. The standard InChI is InChI=1S/C8H12N2O2S/c1-4-5-6(11)9(2)8(13)10(3)7(5)12/h5H,4H2,1-3H3. The van der Waals surface area contributed by atoms with Crippen molar-refractivity contribution in [3.63, 3.8) is 0 Å². The molecule has 0 aliphatic carbocycles. The smallest absolute Gasteiger partial charge is 0.241 e. The van der Waals surface area contributed by atoms with Crippen LogP contribution in [0.1, 0.15) is 13.3 Å². The van der Waals surface area contributed by atoms with E-state index in [1.807, 2.05) is 6.92 Å². The Morgan fingerprint density at radius 1 is 1.23 bits per heavy atom. The third-order valence-electron chi connectivity index (χ3n) is 2.24. The average Bonchev–Trinajstić information content (AvgIpc) is 2.13. The fraction of sp³-hybridized carbons (Fsp3) is 0.625. The maximum Gasteiger partial charge on any atom is 0.241 e. The predicted molar refractivity (Wildman–Crippen MR) is 51.9 cm³/mol. The second-order valence-electron chi connectivity index (χ2n) is 3.04. The Bertz CT molecular complexity index is 253. The molecule has 1 heterocycles. The molecule has 1 rings (SSSR count). The normalized spacial score (nSPS) is 20.1. The highest BCUT2D eigenvalue weighted by Gasteiger charge is 2.38. The van der Waals surface area contributed by atoms with Crippen LogP contribution in [0.2, 0.25) is 0 Å². The van der Waals surface area contributed by atoms with E-state index in [1.54, 1.807) is 14.1 Å². The molecule has 0 saturated carbocycles. The van der Waals surface area contributed by atoms with Crippen molar-refractivity contribution >= 4 is 29.1 Å². The van der Waals surface area contributed by atoms with E-state index in [0.29, 0.717) is 6.42 Å². The van der Waals surface area contributed by atoms with E-state index in [1.165, 1.54) is 9.80 Å². The molecule has 0 atom stereocenters. The molecule has 0 aromatic carbocycles. The first-order valence-electron chi connectivity index (χ1n) is 4.09. The summed E-state index contributed by atoms with van der Waals surface area (Å²) in [6, 6.07) is 0. The Morgan fingerprint density at radius 3 is 1.92 bits per heavy atom. The van der Waals surface area contributed by atoms with Crippen LogP contribution in [0.5, 0.6) is 0 Å². The minimum absolute atomic E-state index is 0.199. The molecular weight excluding hydrogens is 188 g/mol. The number of carbonyl (C=O) groups is 2. The minimum atomic E-state index is -0.554. The van der Waals surface area contributed by atoms with Crippen molar-refractivity contribution in [2.75, 3.05) is 14.1 Å². The zero-order valence-corrected chi connectivity index (χ0v) is 8.72. The summed E-state index contributed by atoms with van der Waals surface area (Å²) < 4.78 is 0. The summed E-state index contributed by atoms with van der Waals surface area (Å²) >= 11 is 4.92. The van der Waals surface area contributed by atoms with Crippen molar-refractivity contribution in [1.82, 2.24) is 9.80 Å². The van der Waals surface area contributed by atoms with E-state index in [-0.39, 0.29) is 16.9 Å². The fourth-order valence-corrected chi connectivity index (χ4v) is 1.52. The van der Waals surface area contributed by atoms with E-state index < -0.39 is 5.92 Å². The summed E-state index contributed by atoms with van der Waals surface area (Å²) in [6.45, 7) is 1.82. The van der Waals surface area contributed by atoms with Gasteiger partial charge in [-0.1, -0.05) is 6.92 Å². The highest BCUT2D eigenvalue weighted by Crippen LogP contribution is 2.17. The molecule has 0 radical (unpaired) electrons. The molecule has 1 aliphatic heterocycles. The van der Waals surface area contributed by atoms with Crippen LogP contribution in [-0.4, -0.2) is 40.8 Å². The third-order valence-corrected chi connectivity index (χ3v) is 2.79. The first-order chi connectivity index (χ1) is 6.00. The Balaban J connectivity index is 2.99. The Kier molecular flexibility index (Phi) is 2.66. The molecule has 0 unspecified atom stereocenters. The van der Waals surface area contributed by atoms with Gasteiger partial charge in [-0.3, -0.25) is 19.4 Å². The lowest BCUT2D eigenvalue weighted by Gasteiger charge is -2.34. The lowest BCUT2D eigenvalue weighted by molar-refractivity contribution is -0.145. The Labute approximate surface area is 82.5 Å². The maximum absolute atomic E-state index is 11.5. The van der Waals surface area contributed by atoms with Crippen LogP contribution in [-0.2, 0) is 9.59 Å². The van der Waals surface area contributed by atoms with Crippen LogP contribution in [0.3, 0.4) is 0 Å². The van der Waals surface area contributed by atoms with Gasteiger partial charge in [-0.05, 0) is 18.6 Å². The summed E-state index contributed by atoms with van der Waals surface area (Å²) in [4.78, 5) is 25.7. The van der Waals surface area contributed by atoms with E-state index in [0.717, 1.165) is 0 Å². The van der Waals surface area contributed by atoms with Crippen molar-refractivity contribution < 1.29 is 9.59 Å². The van der Waals surface area contributed by atoms with E-state index in [9.17, 15) is 9.59 Å². The molecule has 0 bridgehead atoms. The summed E-state index contributed by atoms with van der Waals surface area (Å²) in [5.41, 5.74) is 0. The van der Waals surface area contributed by atoms with Crippen LogP contribution in [0.25, 0.3) is 0 Å². The summed E-state index contributed by atoms with van der Waals surface area (Å²) in [6.07, 6.45) is 0.523. The number of thiocarbonyl (C=S) groups is 1. The van der Waals surface area contributed by atoms with E-state index >= 15 is 0 Å². The Hall–Kier alpha value is -0.970. The van der Waals surface area contributed by atoms with Crippen LogP contribution < -0.4 is 0 Å². The van der Waals surface area contributed by atoms with Gasteiger partial charge in [0.05, 0.1) is 0 Å². The van der Waals surface area contributed by atoms with Gasteiger partial charge in [-0.25, -0.2) is 0 Å². The van der Waals surface area contributed by atoms with Gasteiger partial charge in [0.2, 0.25) is 11.8 Å². The highest BCUT2D eigenvalue weighted by molar-refractivity contribution is 7.80. The highest BCUT2D eigenvalue weighted by atomic mass is 32.1. The van der Waals surface area contributed by atoms with Crippen LogP contribution in [0.15, 0.2) is 0 Å². The van der Waals surface area contributed by atoms with E-state index in [2.05, 4.69) is 0 Å². The first kappa shape index (κ1) is 10.1. The van der Waals surface area contributed by atoms with Gasteiger partial charge in [-0.2, -0.15) is 0 Å². The zero-order valence-electron chi connectivity index (χ0n) is 7.90. The molecule has 2 amide bonds. The fourth-order valence-electron chi connectivity index (χ4n) is 1.34. The summed E-state index contributed by atoms with van der Waals surface area (Å²) in [7, 11) is 3.19. The molecule has 0 aromatic heterocycles. The summed E-state index contributed by atoms with van der Waals surface area (Å²) in [5.74, 6) is -0.951. The number of nitrogens with zero attached hydrogens (tertiary/aromatic N) is 2.